The Bertz CT molecular complexity index is 365. The summed E-state index contributed by atoms with van der Waals surface area (Å²) in [6.45, 7) is 8.38. The summed E-state index contributed by atoms with van der Waals surface area (Å²) in [5, 5.41) is 0. The van der Waals surface area contributed by atoms with Gasteiger partial charge in [0.2, 0.25) is 0 Å². The van der Waals surface area contributed by atoms with Gasteiger partial charge in [-0.3, -0.25) is 0 Å². The Kier molecular flexibility index (Phi) is 3.67. The van der Waals surface area contributed by atoms with Crippen LogP contribution in [0.25, 0.3) is 0 Å². The smallest absolute Gasteiger partial charge is 0.105 e. The number of hydrogen-bond donors (Lipinski definition) is 1. The van der Waals surface area contributed by atoms with Gasteiger partial charge in [-0.1, -0.05) is 0 Å². The van der Waals surface area contributed by atoms with E-state index in [0.29, 0.717) is 6.54 Å². The highest BCUT2D eigenvalue weighted by atomic mass is 32.2. The highest BCUT2D eigenvalue weighted by Gasteiger charge is 2.19. The molecule has 4 nitrogen and oxygen atoms in total. The Hall–Kier alpha value is -0.680. The molecule has 1 heterocycles. The molecule has 1 unspecified atom stereocenters. The third-order valence-corrected chi connectivity index (χ3v) is 3.78. The Labute approximate surface area is 93.7 Å². The number of aromatic nitrogens is 2. The van der Waals surface area contributed by atoms with E-state index in [1.165, 1.54) is 0 Å². The Morgan fingerprint density at radius 1 is 1.53 bits per heavy atom. The fourth-order valence-corrected chi connectivity index (χ4v) is 1.78. The van der Waals surface area contributed by atoms with Crippen molar-refractivity contribution in [2.24, 2.45) is 7.05 Å². The zero-order valence-corrected chi connectivity index (χ0v) is 10.8. The number of nitrogens with one attached hydrogen (secondary N) is 1. The molecule has 0 amide bonds. The molecule has 0 aliphatic heterocycles. The zero-order chi connectivity index (χ0) is 11.6. The molecule has 0 aliphatic rings. The Morgan fingerprint density at radius 2 is 2.13 bits per heavy atom. The maximum absolute atomic E-state index is 11.7. The van der Waals surface area contributed by atoms with E-state index >= 15 is 0 Å². The minimum Gasteiger partial charge on any atom is -0.334 e. The number of nitrogens with zero attached hydrogens (tertiary/aromatic N) is 2. The van der Waals surface area contributed by atoms with Crippen molar-refractivity contribution in [1.29, 1.82) is 0 Å². The number of aryl methyl sites for hydroxylation is 1. The second-order valence-corrected chi connectivity index (χ2v) is 6.61. The quantitative estimate of drug-likeness (QED) is 0.848. The van der Waals surface area contributed by atoms with Gasteiger partial charge in [-0.15, -0.1) is 0 Å². The van der Waals surface area contributed by atoms with Gasteiger partial charge in [0.15, 0.2) is 0 Å². The summed E-state index contributed by atoms with van der Waals surface area (Å²) in [4.78, 5) is 4.18. The van der Waals surface area contributed by atoms with Crippen LogP contribution in [-0.2, 0) is 24.6 Å². The van der Waals surface area contributed by atoms with Crippen molar-refractivity contribution in [1.82, 2.24) is 14.3 Å². The normalized spacial score (nSPS) is 14.2. The van der Waals surface area contributed by atoms with E-state index in [1.807, 2.05) is 45.5 Å². The highest BCUT2D eigenvalue weighted by molar-refractivity contribution is 7.84. The number of imidazole rings is 1. The maximum atomic E-state index is 11.7. The average Bonchev–Trinajstić information content (AvgIpc) is 2.43. The van der Waals surface area contributed by atoms with E-state index in [1.54, 1.807) is 0 Å². The zero-order valence-electron chi connectivity index (χ0n) is 10.00. The van der Waals surface area contributed by atoms with Crippen molar-refractivity contribution >= 4 is 11.0 Å². The molecule has 0 saturated heterocycles. The lowest BCUT2D eigenvalue weighted by molar-refractivity contribution is 0.631. The van der Waals surface area contributed by atoms with Crippen molar-refractivity contribution in [3.63, 3.8) is 0 Å². The van der Waals surface area contributed by atoms with Crippen molar-refractivity contribution in [3.8, 4) is 0 Å². The summed E-state index contributed by atoms with van der Waals surface area (Å²) in [5.74, 6) is 0.966. The van der Waals surface area contributed by atoms with Crippen molar-refractivity contribution < 1.29 is 4.21 Å². The molecular weight excluding hydrogens is 210 g/mol. The minimum atomic E-state index is -1.03. The second kappa shape index (κ2) is 4.45. The summed E-state index contributed by atoms with van der Waals surface area (Å²) in [5.41, 5.74) is 1.05. The van der Waals surface area contributed by atoms with Crippen LogP contribution < -0.4 is 4.72 Å². The fourth-order valence-electron chi connectivity index (χ4n) is 1.07. The first-order valence-corrected chi connectivity index (χ1v) is 6.10. The standard InChI is InChI=1S/C10H19N3OS/c1-8-11-6-9(13(8)5)7-12-15(14)10(2,3)4/h6,12H,7H2,1-5H3. The first-order chi connectivity index (χ1) is 6.82. The summed E-state index contributed by atoms with van der Waals surface area (Å²) in [7, 11) is 0.930. The van der Waals surface area contributed by atoms with Gasteiger partial charge >= 0.3 is 0 Å². The van der Waals surface area contributed by atoms with E-state index in [4.69, 9.17) is 0 Å². The summed E-state index contributed by atoms with van der Waals surface area (Å²) in [6.07, 6.45) is 1.81. The lowest BCUT2D eigenvalue weighted by Gasteiger charge is -2.18. The molecule has 0 aromatic carbocycles. The third-order valence-electron chi connectivity index (χ3n) is 2.26. The van der Waals surface area contributed by atoms with Gasteiger partial charge in [0.05, 0.1) is 28.0 Å². The minimum absolute atomic E-state index is 0.229. The molecule has 86 valence electrons. The second-order valence-electron chi connectivity index (χ2n) is 4.56. The Morgan fingerprint density at radius 3 is 2.53 bits per heavy atom. The van der Waals surface area contributed by atoms with Crippen LogP contribution in [-0.4, -0.2) is 18.5 Å². The largest absolute Gasteiger partial charge is 0.334 e. The molecule has 1 aromatic rings. The molecule has 0 bridgehead atoms. The third kappa shape index (κ3) is 3.14. The lowest BCUT2D eigenvalue weighted by atomic mass is 10.3. The lowest BCUT2D eigenvalue weighted by Crippen LogP contribution is -2.33. The van der Waals surface area contributed by atoms with Crippen LogP contribution in [0, 0.1) is 6.92 Å². The molecule has 1 atom stereocenters. The summed E-state index contributed by atoms with van der Waals surface area (Å²) >= 11 is 0. The monoisotopic (exact) mass is 229 g/mol. The van der Waals surface area contributed by atoms with Gasteiger partial charge in [0, 0.05) is 13.2 Å². The van der Waals surface area contributed by atoms with Crippen LogP contribution in [0.4, 0.5) is 0 Å². The van der Waals surface area contributed by atoms with Gasteiger partial charge in [-0.2, -0.15) is 0 Å². The molecule has 1 rings (SSSR count). The van der Waals surface area contributed by atoms with Crippen molar-refractivity contribution in [2.45, 2.75) is 39.0 Å². The first kappa shape index (κ1) is 12.4. The molecule has 0 spiro atoms. The van der Waals surface area contributed by atoms with Crippen LogP contribution in [0.2, 0.25) is 0 Å². The van der Waals surface area contributed by atoms with E-state index in [9.17, 15) is 4.21 Å². The SMILES string of the molecule is Cc1ncc(CNS(=O)C(C)(C)C)n1C. The molecule has 0 saturated carbocycles. The number of hydrogen-bond acceptors (Lipinski definition) is 2. The number of rotatable bonds is 3. The predicted molar refractivity (Wildman–Crippen MR) is 62.7 cm³/mol. The van der Waals surface area contributed by atoms with E-state index < -0.39 is 11.0 Å². The van der Waals surface area contributed by atoms with Crippen LogP contribution in [0.15, 0.2) is 6.20 Å². The van der Waals surface area contributed by atoms with Gasteiger partial charge < -0.3 is 4.57 Å². The molecule has 1 aromatic heterocycles. The summed E-state index contributed by atoms with van der Waals surface area (Å²) in [6, 6.07) is 0. The molecule has 1 N–H and O–H groups in total. The molecule has 15 heavy (non-hydrogen) atoms. The first-order valence-electron chi connectivity index (χ1n) is 4.95. The Balaban J connectivity index is 2.59. The van der Waals surface area contributed by atoms with Crippen molar-refractivity contribution in [3.05, 3.63) is 17.7 Å². The van der Waals surface area contributed by atoms with E-state index in [0.717, 1.165) is 11.5 Å². The van der Waals surface area contributed by atoms with Gasteiger partial charge in [0.1, 0.15) is 5.82 Å². The predicted octanol–water partition coefficient (Wildman–Crippen LogP) is 1.28. The van der Waals surface area contributed by atoms with Crippen LogP contribution in [0.1, 0.15) is 32.3 Å². The average molecular weight is 229 g/mol. The summed E-state index contributed by atoms with van der Waals surface area (Å²) < 4.78 is 16.5. The molecule has 0 radical (unpaired) electrons. The van der Waals surface area contributed by atoms with Crippen molar-refractivity contribution in [2.75, 3.05) is 0 Å². The maximum Gasteiger partial charge on any atom is 0.105 e. The van der Waals surface area contributed by atoms with Crippen LogP contribution in [0.5, 0.6) is 0 Å². The van der Waals surface area contributed by atoms with Crippen LogP contribution in [0.3, 0.4) is 0 Å². The highest BCUT2D eigenvalue weighted by Crippen LogP contribution is 2.09. The molecule has 0 fully saturated rings. The fraction of sp³-hybridized carbons (Fsp3) is 0.700. The van der Waals surface area contributed by atoms with Crippen LogP contribution >= 0.6 is 0 Å². The molecular formula is C10H19N3OS. The van der Waals surface area contributed by atoms with Gasteiger partial charge in [-0.25, -0.2) is 13.9 Å². The van der Waals surface area contributed by atoms with E-state index in [-0.39, 0.29) is 4.75 Å². The topological polar surface area (TPSA) is 46.9 Å². The van der Waals surface area contributed by atoms with Gasteiger partial charge in [-0.05, 0) is 27.7 Å². The molecule has 5 heteroatoms. The van der Waals surface area contributed by atoms with E-state index in [2.05, 4.69) is 9.71 Å². The van der Waals surface area contributed by atoms with Gasteiger partial charge in [0.25, 0.3) is 0 Å². The molecule has 0 aliphatic carbocycles.